The highest BCUT2D eigenvalue weighted by Gasteiger charge is 2.12. The Morgan fingerprint density at radius 3 is 2.80 bits per heavy atom. The highest BCUT2D eigenvalue weighted by Crippen LogP contribution is 2.22. The van der Waals surface area contributed by atoms with Crippen LogP contribution in [-0.2, 0) is 11.3 Å². The van der Waals surface area contributed by atoms with Crippen LogP contribution in [0.2, 0.25) is 4.34 Å². The van der Waals surface area contributed by atoms with Crippen molar-refractivity contribution in [1.29, 1.82) is 0 Å². The number of nitrogens with one attached hydrogen (secondary N) is 2. The van der Waals surface area contributed by atoms with Crippen molar-refractivity contribution in [2.75, 3.05) is 19.6 Å². The van der Waals surface area contributed by atoms with Gasteiger partial charge in [-0.25, -0.2) is 4.79 Å². The molecule has 0 saturated carbocycles. The summed E-state index contributed by atoms with van der Waals surface area (Å²) in [6.45, 7) is 7.26. The van der Waals surface area contributed by atoms with Crippen molar-refractivity contribution in [3.8, 4) is 0 Å². The number of halogens is 1. The summed E-state index contributed by atoms with van der Waals surface area (Å²) in [5.74, 6) is -0.337. The number of rotatable bonds is 7. The highest BCUT2D eigenvalue weighted by molar-refractivity contribution is 7.16. The number of likely N-dealkylation sites (N-methyl/N-ethyl adjacent to an activating group) is 1. The minimum Gasteiger partial charge on any atom is -0.334 e. The van der Waals surface area contributed by atoms with Crippen molar-refractivity contribution in [3.63, 3.8) is 0 Å². The molecule has 1 aromatic rings. The molecule has 2 N–H and O–H groups in total. The Kier molecular flexibility index (Phi) is 7.28. The molecule has 0 spiro atoms. The molecule has 0 aliphatic rings. The summed E-state index contributed by atoms with van der Waals surface area (Å²) in [6, 6.07) is 3.26. The van der Waals surface area contributed by atoms with Gasteiger partial charge in [-0.3, -0.25) is 15.0 Å². The maximum atomic E-state index is 11.7. The van der Waals surface area contributed by atoms with Gasteiger partial charge in [-0.05, 0) is 18.7 Å². The van der Waals surface area contributed by atoms with Gasteiger partial charge in [-0.15, -0.1) is 17.9 Å². The minimum absolute atomic E-state index is 0.160. The van der Waals surface area contributed by atoms with Crippen LogP contribution < -0.4 is 10.6 Å². The maximum Gasteiger partial charge on any atom is 0.321 e. The molecule has 0 saturated heterocycles. The summed E-state index contributed by atoms with van der Waals surface area (Å²) in [5.41, 5.74) is 0. The molecule has 0 bridgehead atoms. The molecule has 1 heterocycles. The van der Waals surface area contributed by atoms with Crippen LogP contribution in [0.5, 0.6) is 0 Å². The minimum atomic E-state index is -0.509. The van der Waals surface area contributed by atoms with Crippen LogP contribution in [0, 0.1) is 0 Å². The number of imide groups is 1. The van der Waals surface area contributed by atoms with Crippen LogP contribution >= 0.6 is 22.9 Å². The zero-order valence-corrected chi connectivity index (χ0v) is 12.9. The summed E-state index contributed by atoms with van der Waals surface area (Å²) in [6.07, 6.45) is 1.54. The lowest BCUT2D eigenvalue weighted by Crippen LogP contribution is -2.44. The predicted octanol–water partition coefficient (Wildman–Crippen LogP) is 2.24. The number of carbonyl (C=O) groups excluding carboxylic acids is 2. The first-order chi connectivity index (χ1) is 9.55. The van der Waals surface area contributed by atoms with E-state index in [1.165, 1.54) is 11.3 Å². The number of nitrogens with zero attached hydrogens (tertiary/aromatic N) is 1. The smallest absolute Gasteiger partial charge is 0.321 e. The van der Waals surface area contributed by atoms with Crippen LogP contribution in [0.1, 0.15) is 11.8 Å². The van der Waals surface area contributed by atoms with Gasteiger partial charge >= 0.3 is 6.03 Å². The molecule has 0 aliphatic carbocycles. The Morgan fingerprint density at radius 2 is 2.25 bits per heavy atom. The first kappa shape index (κ1) is 16.7. The van der Waals surface area contributed by atoms with Crippen molar-refractivity contribution < 1.29 is 9.59 Å². The van der Waals surface area contributed by atoms with Crippen LogP contribution in [0.15, 0.2) is 24.8 Å². The second kappa shape index (κ2) is 8.73. The maximum absolute atomic E-state index is 11.7. The monoisotopic (exact) mass is 315 g/mol. The topological polar surface area (TPSA) is 61.4 Å². The van der Waals surface area contributed by atoms with E-state index in [1.807, 2.05) is 24.0 Å². The molecule has 0 unspecified atom stereocenters. The van der Waals surface area contributed by atoms with E-state index in [9.17, 15) is 9.59 Å². The zero-order chi connectivity index (χ0) is 15.0. The molecule has 0 aromatic carbocycles. The Hall–Kier alpha value is -1.37. The van der Waals surface area contributed by atoms with Gasteiger partial charge < -0.3 is 5.32 Å². The fraction of sp³-hybridized carbons (Fsp3) is 0.385. The van der Waals surface area contributed by atoms with E-state index in [-0.39, 0.29) is 12.5 Å². The van der Waals surface area contributed by atoms with E-state index in [4.69, 9.17) is 11.6 Å². The van der Waals surface area contributed by atoms with Gasteiger partial charge in [0.2, 0.25) is 5.91 Å². The second-order valence-corrected chi connectivity index (χ2v) is 5.86. The summed E-state index contributed by atoms with van der Waals surface area (Å²) in [5, 5.41) is 4.75. The fourth-order valence-corrected chi connectivity index (χ4v) is 2.64. The summed E-state index contributed by atoms with van der Waals surface area (Å²) in [7, 11) is 0. The number of urea groups is 1. The molecule has 1 aromatic heterocycles. The van der Waals surface area contributed by atoms with Crippen molar-refractivity contribution >= 4 is 34.9 Å². The summed E-state index contributed by atoms with van der Waals surface area (Å²) < 4.78 is 0.726. The Balaban J connectivity index is 2.41. The van der Waals surface area contributed by atoms with Crippen LogP contribution in [0.3, 0.4) is 0 Å². The van der Waals surface area contributed by atoms with Gasteiger partial charge in [-0.1, -0.05) is 24.6 Å². The lowest BCUT2D eigenvalue weighted by atomic mass is 10.4. The molecule has 7 heteroatoms. The second-order valence-electron chi connectivity index (χ2n) is 4.06. The summed E-state index contributed by atoms with van der Waals surface area (Å²) >= 11 is 7.36. The lowest BCUT2D eigenvalue weighted by Gasteiger charge is -2.18. The average molecular weight is 316 g/mol. The average Bonchev–Trinajstić information content (AvgIpc) is 2.80. The quantitative estimate of drug-likeness (QED) is 0.759. The van der Waals surface area contributed by atoms with Crippen LogP contribution in [0.25, 0.3) is 0 Å². The summed E-state index contributed by atoms with van der Waals surface area (Å²) in [4.78, 5) is 26.1. The van der Waals surface area contributed by atoms with Crippen molar-refractivity contribution in [2.45, 2.75) is 13.5 Å². The molecule has 3 amide bonds. The fourth-order valence-electron chi connectivity index (χ4n) is 1.51. The largest absolute Gasteiger partial charge is 0.334 e. The number of carbonyl (C=O) groups is 2. The number of hydrogen-bond donors (Lipinski definition) is 2. The number of amides is 3. The third-order valence-electron chi connectivity index (χ3n) is 2.48. The van der Waals surface area contributed by atoms with Gasteiger partial charge in [-0.2, -0.15) is 0 Å². The predicted molar refractivity (Wildman–Crippen MR) is 82.0 cm³/mol. The van der Waals surface area contributed by atoms with Gasteiger partial charge in [0.05, 0.1) is 10.9 Å². The SMILES string of the molecule is C=CCNC(=O)NC(=O)CN(CC)Cc1ccc(Cl)s1. The number of thiophene rings is 1. The van der Waals surface area contributed by atoms with Gasteiger partial charge in [0.25, 0.3) is 0 Å². The number of hydrogen-bond acceptors (Lipinski definition) is 4. The van der Waals surface area contributed by atoms with E-state index in [0.717, 1.165) is 9.21 Å². The van der Waals surface area contributed by atoms with Crippen LogP contribution in [0.4, 0.5) is 4.79 Å². The molecular weight excluding hydrogens is 298 g/mol. The highest BCUT2D eigenvalue weighted by atomic mass is 35.5. The molecule has 0 radical (unpaired) electrons. The molecule has 0 fully saturated rings. The standard InChI is InChI=1S/C13H18ClN3O2S/c1-3-7-15-13(19)16-12(18)9-17(4-2)8-10-5-6-11(14)20-10/h3,5-6H,1,4,7-9H2,2H3,(H2,15,16,18,19). The van der Waals surface area contributed by atoms with Gasteiger partial charge in [0, 0.05) is 18.0 Å². The molecule has 20 heavy (non-hydrogen) atoms. The van der Waals surface area contributed by atoms with Gasteiger partial charge in [0.1, 0.15) is 0 Å². The third kappa shape index (κ3) is 6.18. The Morgan fingerprint density at radius 1 is 1.50 bits per heavy atom. The molecule has 110 valence electrons. The van der Waals surface area contributed by atoms with Crippen molar-refractivity contribution in [1.82, 2.24) is 15.5 Å². The van der Waals surface area contributed by atoms with Gasteiger partial charge in [0.15, 0.2) is 0 Å². The molecule has 1 rings (SSSR count). The van der Waals surface area contributed by atoms with Crippen LogP contribution in [-0.4, -0.2) is 36.5 Å². The first-order valence-corrected chi connectivity index (χ1v) is 7.39. The molecule has 5 nitrogen and oxygen atoms in total. The molecule has 0 atom stereocenters. The van der Waals surface area contributed by atoms with E-state index >= 15 is 0 Å². The molecular formula is C13H18ClN3O2S. The Labute approximate surface area is 127 Å². The third-order valence-corrected chi connectivity index (χ3v) is 3.70. The van der Waals surface area contributed by atoms with Crippen molar-refractivity contribution in [3.05, 3.63) is 34.0 Å². The normalized spacial score (nSPS) is 10.3. The molecule has 0 aliphatic heterocycles. The first-order valence-electron chi connectivity index (χ1n) is 6.20. The van der Waals surface area contributed by atoms with E-state index in [0.29, 0.717) is 19.6 Å². The van der Waals surface area contributed by atoms with Crippen molar-refractivity contribution in [2.24, 2.45) is 0 Å². The van der Waals surface area contributed by atoms with E-state index in [2.05, 4.69) is 17.2 Å². The van der Waals surface area contributed by atoms with E-state index < -0.39 is 6.03 Å². The van der Waals surface area contributed by atoms with E-state index in [1.54, 1.807) is 6.08 Å². The zero-order valence-electron chi connectivity index (χ0n) is 11.3. The Bertz CT molecular complexity index is 476. The lowest BCUT2D eigenvalue weighted by molar-refractivity contribution is -0.121.